The standard InChI is InChI=1S/C20H13ClN2O4/c1-23-9-13(11-6-7-15-16(8-11)26-10-25-15)19-17(20(23)24)18(22-27-19)12-4-2-3-5-14(12)21/h2-9H,10H2,1H3. The van der Waals surface area contributed by atoms with E-state index in [1.165, 1.54) is 4.57 Å². The molecule has 0 spiro atoms. The van der Waals surface area contributed by atoms with E-state index in [0.717, 1.165) is 11.1 Å². The number of aromatic nitrogens is 2. The molecule has 4 aromatic rings. The third-order valence-corrected chi connectivity index (χ3v) is 4.94. The summed E-state index contributed by atoms with van der Waals surface area (Å²) in [7, 11) is 1.70. The Morgan fingerprint density at radius 3 is 2.74 bits per heavy atom. The molecule has 27 heavy (non-hydrogen) atoms. The summed E-state index contributed by atoms with van der Waals surface area (Å²) in [6.45, 7) is 0.195. The predicted octanol–water partition coefficient (Wildman–Crippen LogP) is 4.24. The van der Waals surface area contributed by atoms with Crippen LogP contribution in [-0.2, 0) is 7.05 Å². The zero-order chi connectivity index (χ0) is 18.5. The Labute approximate surface area is 158 Å². The minimum atomic E-state index is -0.203. The highest BCUT2D eigenvalue weighted by Gasteiger charge is 2.22. The fourth-order valence-electron chi connectivity index (χ4n) is 3.27. The highest BCUT2D eigenvalue weighted by atomic mass is 35.5. The zero-order valence-corrected chi connectivity index (χ0v) is 15.0. The molecule has 3 heterocycles. The molecule has 7 heteroatoms. The van der Waals surface area contributed by atoms with E-state index in [0.29, 0.717) is 38.7 Å². The molecule has 0 amide bonds. The summed E-state index contributed by atoms with van der Waals surface area (Å²) < 4.78 is 17.9. The molecule has 0 atom stereocenters. The van der Waals surface area contributed by atoms with Gasteiger partial charge in [0.25, 0.3) is 5.56 Å². The zero-order valence-electron chi connectivity index (χ0n) is 14.2. The molecule has 2 aromatic heterocycles. The van der Waals surface area contributed by atoms with Gasteiger partial charge in [-0.15, -0.1) is 0 Å². The van der Waals surface area contributed by atoms with Gasteiger partial charge in [-0.1, -0.05) is 41.0 Å². The summed E-state index contributed by atoms with van der Waals surface area (Å²) in [5.41, 5.74) is 2.85. The summed E-state index contributed by atoms with van der Waals surface area (Å²) >= 11 is 6.31. The van der Waals surface area contributed by atoms with E-state index in [1.807, 2.05) is 36.4 Å². The van der Waals surface area contributed by atoms with Crippen molar-refractivity contribution in [1.29, 1.82) is 0 Å². The van der Waals surface area contributed by atoms with Crippen molar-refractivity contribution in [2.24, 2.45) is 7.05 Å². The SMILES string of the molecule is Cn1cc(-c2ccc3c(c2)OCO3)c2onc(-c3ccccc3Cl)c2c1=O. The molecule has 2 aromatic carbocycles. The Hall–Kier alpha value is -3.25. The maximum absolute atomic E-state index is 12.8. The second kappa shape index (κ2) is 5.89. The molecule has 5 rings (SSSR count). The first-order valence-corrected chi connectivity index (χ1v) is 8.65. The Morgan fingerprint density at radius 1 is 1.07 bits per heavy atom. The highest BCUT2D eigenvalue weighted by molar-refractivity contribution is 6.33. The number of fused-ring (bicyclic) bond motifs is 2. The third-order valence-electron chi connectivity index (χ3n) is 4.61. The minimum Gasteiger partial charge on any atom is -0.454 e. The van der Waals surface area contributed by atoms with Crippen molar-refractivity contribution in [3.8, 4) is 33.9 Å². The maximum Gasteiger partial charge on any atom is 0.263 e. The van der Waals surface area contributed by atoms with Crippen LogP contribution in [0.5, 0.6) is 11.5 Å². The maximum atomic E-state index is 12.8. The first kappa shape index (κ1) is 16.0. The highest BCUT2D eigenvalue weighted by Crippen LogP contribution is 2.39. The molecule has 0 fully saturated rings. The van der Waals surface area contributed by atoms with E-state index < -0.39 is 0 Å². The van der Waals surface area contributed by atoms with Crippen molar-refractivity contribution in [3.05, 3.63) is 64.0 Å². The lowest BCUT2D eigenvalue weighted by molar-refractivity contribution is 0.174. The van der Waals surface area contributed by atoms with Gasteiger partial charge in [0.15, 0.2) is 17.1 Å². The van der Waals surface area contributed by atoms with Gasteiger partial charge in [-0.25, -0.2) is 0 Å². The average molecular weight is 381 g/mol. The van der Waals surface area contributed by atoms with Crippen LogP contribution >= 0.6 is 11.6 Å². The lowest BCUT2D eigenvalue weighted by Gasteiger charge is -2.07. The summed E-state index contributed by atoms with van der Waals surface area (Å²) in [6, 6.07) is 12.8. The summed E-state index contributed by atoms with van der Waals surface area (Å²) in [4.78, 5) is 12.8. The van der Waals surface area contributed by atoms with E-state index in [4.69, 9.17) is 25.6 Å². The van der Waals surface area contributed by atoms with Crippen LogP contribution in [0.1, 0.15) is 0 Å². The van der Waals surface area contributed by atoms with Crippen LogP contribution in [0.15, 0.2) is 58.0 Å². The third kappa shape index (κ3) is 2.41. The van der Waals surface area contributed by atoms with Gasteiger partial charge < -0.3 is 18.6 Å². The van der Waals surface area contributed by atoms with Crippen molar-refractivity contribution in [2.45, 2.75) is 0 Å². The Bertz CT molecular complexity index is 1260. The smallest absolute Gasteiger partial charge is 0.263 e. The van der Waals surface area contributed by atoms with E-state index in [-0.39, 0.29) is 12.4 Å². The molecular formula is C20H13ClN2O4. The van der Waals surface area contributed by atoms with Gasteiger partial charge in [0, 0.05) is 24.4 Å². The van der Waals surface area contributed by atoms with Crippen LogP contribution in [0, 0.1) is 0 Å². The molecule has 0 aliphatic carbocycles. The summed E-state index contributed by atoms with van der Waals surface area (Å²) in [5.74, 6) is 1.34. The second-order valence-corrected chi connectivity index (χ2v) is 6.65. The topological polar surface area (TPSA) is 66.5 Å². The van der Waals surface area contributed by atoms with E-state index >= 15 is 0 Å². The van der Waals surface area contributed by atoms with Crippen molar-refractivity contribution in [2.75, 3.05) is 6.79 Å². The largest absolute Gasteiger partial charge is 0.454 e. The van der Waals surface area contributed by atoms with Gasteiger partial charge in [-0.3, -0.25) is 4.79 Å². The molecule has 0 bridgehead atoms. The van der Waals surface area contributed by atoms with Crippen molar-refractivity contribution < 1.29 is 14.0 Å². The fraction of sp³-hybridized carbons (Fsp3) is 0.100. The monoisotopic (exact) mass is 380 g/mol. The number of hydrogen-bond acceptors (Lipinski definition) is 5. The van der Waals surface area contributed by atoms with Gasteiger partial charge in [-0.2, -0.15) is 0 Å². The molecule has 0 N–H and O–H groups in total. The number of ether oxygens (including phenoxy) is 2. The molecule has 0 unspecified atom stereocenters. The number of pyridine rings is 1. The van der Waals surface area contributed by atoms with Crippen LogP contribution in [0.25, 0.3) is 33.4 Å². The van der Waals surface area contributed by atoms with Crippen LogP contribution in [0.4, 0.5) is 0 Å². The predicted molar refractivity (Wildman–Crippen MR) is 101 cm³/mol. The molecular weight excluding hydrogens is 368 g/mol. The van der Waals surface area contributed by atoms with Crippen LogP contribution in [-0.4, -0.2) is 16.5 Å². The summed E-state index contributed by atoms with van der Waals surface area (Å²) in [5, 5.41) is 5.05. The Kier molecular flexibility index (Phi) is 3.48. The van der Waals surface area contributed by atoms with Gasteiger partial charge in [0.1, 0.15) is 11.1 Å². The van der Waals surface area contributed by atoms with Gasteiger partial charge in [0.2, 0.25) is 6.79 Å². The Morgan fingerprint density at radius 2 is 1.89 bits per heavy atom. The first-order valence-electron chi connectivity index (χ1n) is 8.27. The van der Waals surface area contributed by atoms with Crippen LogP contribution in [0.2, 0.25) is 5.02 Å². The lowest BCUT2D eigenvalue weighted by atomic mass is 10.0. The number of rotatable bonds is 2. The molecule has 1 aliphatic heterocycles. The molecule has 6 nitrogen and oxygen atoms in total. The second-order valence-electron chi connectivity index (χ2n) is 6.24. The minimum absolute atomic E-state index is 0.195. The van der Waals surface area contributed by atoms with Gasteiger partial charge >= 0.3 is 0 Å². The quantitative estimate of drug-likeness (QED) is 0.520. The lowest BCUT2D eigenvalue weighted by Crippen LogP contribution is -2.16. The molecule has 1 aliphatic rings. The van der Waals surface area contributed by atoms with Gasteiger partial charge in [-0.05, 0) is 23.8 Å². The number of hydrogen-bond donors (Lipinski definition) is 0. The number of aryl methyl sites for hydroxylation is 1. The fourth-order valence-corrected chi connectivity index (χ4v) is 3.49. The van der Waals surface area contributed by atoms with E-state index in [1.54, 1.807) is 19.3 Å². The van der Waals surface area contributed by atoms with Crippen LogP contribution in [0.3, 0.4) is 0 Å². The first-order chi connectivity index (χ1) is 13.1. The van der Waals surface area contributed by atoms with Gasteiger partial charge in [0.05, 0.1) is 5.02 Å². The van der Waals surface area contributed by atoms with E-state index in [2.05, 4.69) is 5.16 Å². The van der Waals surface area contributed by atoms with Crippen LogP contribution < -0.4 is 15.0 Å². The number of benzene rings is 2. The number of nitrogens with zero attached hydrogens (tertiary/aromatic N) is 2. The van der Waals surface area contributed by atoms with E-state index in [9.17, 15) is 4.79 Å². The normalized spacial score (nSPS) is 12.7. The van der Waals surface area contributed by atoms with Crippen molar-refractivity contribution in [3.63, 3.8) is 0 Å². The molecule has 134 valence electrons. The molecule has 0 radical (unpaired) electrons. The van der Waals surface area contributed by atoms with Crippen molar-refractivity contribution >= 4 is 22.6 Å². The number of halogens is 1. The molecule has 0 saturated heterocycles. The molecule has 0 saturated carbocycles. The Balaban J connectivity index is 1.80. The average Bonchev–Trinajstić information content (AvgIpc) is 3.31. The summed E-state index contributed by atoms with van der Waals surface area (Å²) in [6.07, 6.45) is 1.73. The van der Waals surface area contributed by atoms with Crippen molar-refractivity contribution in [1.82, 2.24) is 9.72 Å².